The van der Waals surface area contributed by atoms with Crippen molar-refractivity contribution in [3.05, 3.63) is 87.8 Å². The molecule has 2 aromatic heterocycles. The number of halogens is 1. The summed E-state index contributed by atoms with van der Waals surface area (Å²) in [7, 11) is 0. The molecule has 2 N–H and O–H groups in total. The fourth-order valence-electron chi connectivity index (χ4n) is 2.95. The number of benzene rings is 2. The van der Waals surface area contributed by atoms with Gasteiger partial charge in [-0.3, -0.25) is 9.59 Å². The minimum Gasteiger partial charge on any atom is -0.322 e. The molecule has 7 nitrogen and oxygen atoms in total. The van der Waals surface area contributed by atoms with Gasteiger partial charge in [0.1, 0.15) is 5.82 Å². The largest absolute Gasteiger partial charge is 0.322 e. The van der Waals surface area contributed by atoms with E-state index in [1.54, 1.807) is 60.8 Å². The fraction of sp³-hybridized carbons (Fsp3) is 0.0870. The average Bonchev–Trinajstić information content (AvgIpc) is 2.76. The molecular formula is C23H18BrN5O2. The van der Waals surface area contributed by atoms with Crippen LogP contribution in [0.1, 0.15) is 32.1 Å². The number of pyridine rings is 1. The normalized spacial score (nSPS) is 10.7. The van der Waals surface area contributed by atoms with E-state index in [4.69, 9.17) is 0 Å². The second-order valence-corrected chi connectivity index (χ2v) is 7.86. The predicted octanol–water partition coefficient (Wildman–Crippen LogP) is 4.91. The Kier molecular flexibility index (Phi) is 5.73. The predicted molar refractivity (Wildman–Crippen MR) is 123 cm³/mol. The van der Waals surface area contributed by atoms with Crippen LogP contribution >= 0.6 is 15.9 Å². The van der Waals surface area contributed by atoms with E-state index in [0.717, 1.165) is 21.4 Å². The molecule has 0 fully saturated rings. The van der Waals surface area contributed by atoms with Crippen LogP contribution in [-0.4, -0.2) is 26.8 Å². The van der Waals surface area contributed by atoms with E-state index in [0.29, 0.717) is 28.1 Å². The summed E-state index contributed by atoms with van der Waals surface area (Å²) >= 11 is 3.31. The first kappa shape index (κ1) is 20.6. The molecule has 0 aliphatic rings. The molecule has 4 aromatic rings. The molecule has 2 heterocycles. The second kappa shape index (κ2) is 8.61. The molecule has 0 unspecified atom stereocenters. The Bertz CT molecular complexity index is 1310. The molecule has 0 bridgehead atoms. The quantitative estimate of drug-likeness (QED) is 0.437. The van der Waals surface area contributed by atoms with Crippen LogP contribution in [-0.2, 0) is 0 Å². The van der Waals surface area contributed by atoms with Crippen molar-refractivity contribution in [3.8, 4) is 0 Å². The van der Waals surface area contributed by atoms with E-state index in [9.17, 15) is 9.59 Å². The van der Waals surface area contributed by atoms with Crippen molar-refractivity contribution in [3.63, 3.8) is 0 Å². The van der Waals surface area contributed by atoms with Crippen molar-refractivity contribution in [1.29, 1.82) is 0 Å². The van der Waals surface area contributed by atoms with Crippen LogP contribution in [0.2, 0.25) is 0 Å². The summed E-state index contributed by atoms with van der Waals surface area (Å²) in [6.07, 6.45) is 1.60. The number of nitrogens with zero attached hydrogens (tertiary/aromatic N) is 3. The topological polar surface area (TPSA) is 96.9 Å². The maximum Gasteiger partial charge on any atom is 0.256 e. The standard InChI is InChI=1S/C23H18BrN5O2/c1-13-14(2)27-20-11-16(6-8-19(20)26-13)22(30)28-18-5-3-4-15(10-18)23(31)29-21-9-7-17(24)12-25-21/h3-12H,1-2H3,(H,28,30)(H,25,29,31). The number of amides is 2. The highest BCUT2D eigenvalue weighted by atomic mass is 79.9. The van der Waals surface area contributed by atoms with Gasteiger partial charge in [-0.15, -0.1) is 0 Å². The first-order chi connectivity index (χ1) is 14.9. The number of fused-ring (bicyclic) bond motifs is 1. The Balaban J connectivity index is 1.51. The van der Waals surface area contributed by atoms with E-state index in [-0.39, 0.29) is 11.8 Å². The first-order valence-electron chi connectivity index (χ1n) is 9.48. The third-order valence-corrected chi connectivity index (χ3v) is 5.16. The second-order valence-electron chi connectivity index (χ2n) is 6.95. The molecule has 2 amide bonds. The highest BCUT2D eigenvalue weighted by Crippen LogP contribution is 2.18. The molecule has 31 heavy (non-hydrogen) atoms. The van der Waals surface area contributed by atoms with Gasteiger partial charge in [0.2, 0.25) is 0 Å². The summed E-state index contributed by atoms with van der Waals surface area (Å²) < 4.78 is 0.820. The lowest BCUT2D eigenvalue weighted by atomic mass is 10.1. The molecule has 0 atom stereocenters. The first-order valence-corrected chi connectivity index (χ1v) is 10.3. The van der Waals surface area contributed by atoms with Gasteiger partial charge in [-0.1, -0.05) is 6.07 Å². The number of nitrogens with one attached hydrogen (secondary N) is 2. The smallest absolute Gasteiger partial charge is 0.256 e. The third-order valence-electron chi connectivity index (χ3n) is 4.69. The number of aromatic nitrogens is 3. The molecular weight excluding hydrogens is 458 g/mol. The molecule has 0 aliphatic heterocycles. The van der Waals surface area contributed by atoms with Gasteiger partial charge in [-0.05, 0) is 78.3 Å². The fourth-order valence-corrected chi connectivity index (χ4v) is 3.19. The Morgan fingerprint density at radius 3 is 2.26 bits per heavy atom. The van der Waals surface area contributed by atoms with Gasteiger partial charge in [-0.25, -0.2) is 15.0 Å². The molecule has 0 aliphatic carbocycles. The van der Waals surface area contributed by atoms with Gasteiger partial charge in [0.25, 0.3) is 11.8 Å². The van der Waals surface area contributed by atoms with Gasteiger partial charge in [0.05, 0.1) is 22.4 Å². The van der Waals surface area contributed by atoms with E-state index in [2.05, 4.69) is 41.5 Å². The Hall–Kier alpha value is -3.65. The molecule has 154 valence electrons. The zero-order valence-corrected chi connectivity index (χ0v) is 18.4. The van der Waals surface area contributed by atoms with Crippen molar-refractivity contribution in [2.75, 3.05) is 10.6 Å². The summed E-state index contributed by atoms with van der Waals surface area (Å²) in [4.78, 5) is 38.4. The monoisotopic (exact) mass is 475 g/mol. The molecule has 8 heteroatoms. The average molecular weight is 476 g/mol. The van der Waals surface area contributed by atoms with Gasteiger partial charge in [0.15, 0.2) is 0 Å². The summed E-state index contributed by atoms with van der Waals surface area (Å²) in [5.74, 6) is -0.183. The summed E-state index contributed by atoms with van der Waals surface area (Å²) in [6, 6.07) is 15.4. The molecule has 0 radical (unpaired) electrons. The number of hydrogen-bond acceptors (Lipinski definition) is 5. The highest BCUT2D eigenvalue weighted by molar-refractivity contribution is 9.10. The lowest BCUT2D eigenvalue weighted by molar-refractivity contribution is 0.101. The summed E-state index contributed by atoms with van der Waals surface area (Å²) in [5, 5.41) is 5.56. The molecule has 0 spiro atoms. The van der Waals surface area contributed by atoms with Crippen LogP contribution < -0.4 is 10.6 Å². The van der Waals surface area contributed by atoms with Crippen molar-refractivity contribution >= 4 is 50.3 Å². The maximum atomic E-state index is 12.7. The van der Waals surface area contributed by atoms with Crippen LogP contribution in [0.15, 0.2) is 65.3 Å². The zero-order chi connectivity index (χ0) is 22.0. The van der Waals surface area contributed by atoms with E-state index < -0.39 is 0 Å². The SMILES string of the molecule is Cc1nc2ccc(C(=O)Nc3cccc(C(=O)Nc4ccc(Br)cn4)c3)cc2nc1C. The Labute approximate surface area is 187 Å². The number of carbonyl (C=O) groups excluding carboxylic acids is 2. The lowest BCUT2D eigenvalue weighted by Crippen LogP contribution is -2.15. The van der Waals surface area contributed by atoms with Crippen LogP contribution in [0.3, 0.4) is 0 Å². The van der Waals surface area contributed by atoms with Gasteiger partial charge < -0.3 is 10.6 Å². The zero-order valence-electron chi connectivity index (χ0n) is 16.8. The Morgan fingerprint density at radius 1 is 0.806 bits per heavy atom. The lowest BCUT2D eigenvalue weighted by Gasteiger charge is -2.09. The van der Waals surface area contributed by atoms with E-state index >= 15 is 0 Å². The molecule has 4 rings (SSSR count). The molecule has 0 saturated heterocycles. The maximum absolute atomic E-state index is 12.7. The number of anilines is 2. The number of carbonyl (C=O) groups is 2. The van der Waals surface area contributed by atoms with E-state index in [1.165, 1.54) is 0 Å². The van der Waals surface area contributed by atoms with Crippen molar-refractivity contribution in [2.24, 2.45) is 0 Å². The minimum atomic E-state index is -0.322. The molecule has 2 aromatic carbocycles. The highest BCUT2D eigenvalue weighted by Gasteiger charge is 2.12. The van der Waals surface area contributed by atoms with Crippen LogP contribution in [0.4, 0.5) is 11.5 Å². The summed E-state index contributed by atoms with van der Waals surface area (Å²) in [6.45, 7) is 3.78. The summed E-state index contributed by atoms with van der Waals surface area (Å²) in [5.41, 5.74) is 4.44. The van der Waals surface area contributed by atoms with E-state index in [1.807, 2.05) is 13.8 Å². The number of hydrogen-bond donors (Lipinski definition) is 2. The van der Waals surface area contributed by atoms with Crippen LogP contribution in [0, 0.1) is 13.8 Å². The minimum absolute atomic E-state index is 0.297. The van der Waals surface area contributed by atoms with Crippen molar-refractivity contribution in [2.45, 2.75) is 13.8 Å². The van der Waals surface area contributed by atoms with Gasteiger partial charge in [0, 0.05) is 27.5 Å². The Morgan fingerprint density at radius 2 is 1.52 bits per heavy atom. The van der Waals surface area contributed by atoms with Crippen LogP contribution in [0.25, 0.3) is 11.0 Å². The third kappa shape index (κ3) is 4.75. The van der Waals surface area contributed by atoms with Crippen LogP contribution in [0.5, 0.6) is 0 Å². The van der Waals surface area contributed by atoms with Crippen molar-refractivity contribution in [1.82, 2.24) is 15.0 Å². The van der Waals surface area contributed by atoms with Gasteiger partial charge in [-0.2, -0.15) is 0 Å². The molecule has 0 saturated carbocycles. The number of aryl methyl sites for hydroxylation is 2. The number of rotatable bonds is 4. The van der Waals surface area contributed by atoms with Crippen molar-refractivity contribution < 1.29 is 9.59 Å². The van der Waals surface area contributed by atoms with Gasteiger partial charge >= 0.3 is 0 Å².